The molecule has 20 heavy (non-hydrogen) atoms. The third kappa shape index (κ3) is 4.04. The molecule has 1 aromatic rings. The first-order valence-electron chi connectivity index (χ1n) is 7.09. The second kappa shape index (κ2) is 7.20. The number of sulfonamides is 1. The Hall–Kier alpha value is -0.910. The molecule has 0 saturated carbocycles. The Bertz CT molecular complexity index is 552. The lowest BCUT2D eigenvalue weighted by Crippen LogP contribution is -2.34. The van der Waals surface area contributed by atoms with Gasteiger partial charge in [-0.1, -0.05) is 26.3 Å². The minimum atomic E-state index is -3.53. The molecular formula is C15H25NO3S. The van der Waals surface area contributed by atoms with E-state index in [1.807, 2.05) is 20.8 Å². The Morgan fingerprint density at radius 2 is 1.85 bits per heavy atom. The second-order valence-corrected chi connectivity index (χ2v) is 6.90. The minimum absolute atomic E-state index is 0.0386. The van der Waals surface area contributed by atoms with Gasteiger partial charge in [0.2, 0.25) is 10.0 Å². The molecule has 0 heterocycles. The number of benzene rings is 1. The van der Waals surface area contributed by atoms with Gasteiger partial charge in [-0.15, -0.1) is 0 Å². The summed E-state index contributed by atoms with van der Waals surface area (Å²) in [4.78, 5) is 0.265. The monoisotopic (exact) mass is 299 g/mol. The smallest absolute Gasteiger partial charge is 0.241 e. The molecule has 0 fully saturated rings. The summed E-state index contributed by atoms with van der Waals surface area (Å²) in [5.74, 6) is 0. The number of hydrogen-bond acceptors (Lipinski definition) is 3. The predicted molar refractivity (Wildman–Crippen MR) is 81.1 cm³/mol. The van der Waals surface area contributed by atoms with Gasteiger partial charge in [0, 0.05) is 6.04 Å². The van der Waals surface area contributed by atoms with E-state index < -0.39 is 10.0 Å². The van der Waals surface area contributed by atoms with Crippen LogP contribution < -0.4 is 4.72 Å². The Morgan fingerprint density at radius 3 is 2.35 bits per heavy atom. The molecule has 0 aliphatic rings. The summed E-state index contributed by atoms with van der Waals surface area (Å²) >= 11 is 0. The van der Waals surface area contributed by atoms with Gasteiger partial charge in [0.1, 0.15) is 0 Å². The highest BCUT2D eigenvalue weighted by molar-refractivity contribution is 7.89. The van der Waals surface area contributed by atoms with Gasteiger partial charge in [-0.05, 0) is 49.4 Å². The molecular weight excluding hydrogens is 274 g/mol. The van der Waals surface area contributed by atoms with E-state index in [2.05, 4.69) is 4.72 Å². The lowest BCUT2D eigenvalue weighted by molar-refractivity contribution is 0.280. The molecule has 0 bridgehead atoms. The van der Waals surface area contributed by atoms with E-state index >= 15 is 0 Å². The van der Waals surface area contributed by atoms with Crippen molar-refractivity contribution in [2.75, 3.05) is 0 Å². The highest BCUT2D eigenvalue weighted by atomic mass is 32.2. The number of aliphatic hydroxyl groups is 1. The molecule has 0 saturated heterocycles. The third-order valence-corrected chi connectivity index (χ3v) is 5.21. The van der Waals surface area contributed by atoms with E-state index in [1.165, 1.54) is 0 Å². The van der Waals surface area contributed by atoms with Crippen LogP contribution in [-0.2, 0) is 16.6 Å². The first kappa shape index (κ1) is 17.1. The molecule has 2 N–H and O–H groups in total. The molecule has 114 valence electrons. The van der Waals surface area contributed by atoms with Gasteiger partial charge in [-0.3, -0.25) is 0 Å². The van der Waals surface area contributed by atoms with Gasteiger partial charge in [0.15, 0.2) is 0 Å². The summed E-state index contributed by atoms with van der Waals surface area (Å²) in [6.07, 6.45) is 2.54. The summed E-state index contributed by atoms with van der Waals surface area (Å²) < 4.78 is 27.7. The van der Waals surface area contributed by atoms with Crippen LogP contribution in [0.15, 0.2) is 17.0 Å². The van der Waals surface area contributed by atoms with Crippen molar-refractivity contribution >= 4 is 10.0 Å². The maximum absolute atomic E-state index is 12.5. The molecule has 0 aromatic heterocycles. The fourth-order valence-corrected chi connectivity index (χ4v) is 3.94. The van der Waals surface area contributed by atoms with Gasteiger partial charge in [0.05, 0.1) is 11.5 Å². The molecule has 1 aromatic carbocycles. The average molecular weight is 299 g/mol. The van der Waals surface area contributed by atoms with Gasteiger partial charge >= 0.3 is 0 Å². The highest BCUT2D eigenvalue weighted by Crippen LogP contribution is 2.21. The average Bonchev–Trinajstić information content (AvgIpc) is 2.37. The summed E-state index contributed by atoms with van der Waals surface area (Å²) in [5.41, 5.74) is 2.27. The van der Waals surface area contributed by atoms with Crippen molar-refractivity contribution in [3.8, 4) is 0 Å². The van der Waals surface area contributed by atoms with Crippen molar-refractivity contribution in [3.05, 3.63) is 28.8 Å². The number of aliphatic hydroxyl groups excluding tert-OH is 1. The van der Waals surface area contributed by atoms with E-state index in [1.54, 1.807) is 19.1 Å². The number of rotatable bonds is 7. The number of nitrogens with one attached hydrogen (secondary N) is 1. The molecule has 0 amide bonds. The molecule has 1 atom stereocenters. The summed E-state index contributed by atoms with van der Waals surface area (Å²) in [6, 6.07) is 3.34. The molecule has 0 aliphatic heterocycles. The zero-order valence-electron chi connectivity index (χ0n) is 12.7. The molecule has 1 unspecified atom stereocenters. The Labute approximate surface area is 122 Å². The highest BCUT2D eigenvalue weighted by Gasteiger charge is 2.21. The molecule has 1 rings (SSSR count). The number of hydrogen-bond donors (Lipinski definition) is 2. The quantitative estimate of drug-likeness (QED) is 0.813. The van der Waals surface area contributed by atoms with Crippen molar-refractivity contribution in [1.82, 2.24) is 4.72 Å². The molecule has 0 aliphatic carbocycles. The van der Waals surface area contributed by atoms with E-state index in [4.69, 9.17) is 0 Å². The first-order chi connectivity index (χ1) is 9.35. The maximum Gasteiger partial charge on any atom is 0.241 e. The topological polar surface area (TPSA) is 66.4 Å². The van der Waals surface area contributed by atoms with Crippen LogP contribution in [0.5, 0.6) is 0 Å². The van der Waals surface area contributed by atoms with Crippen LogP contribution in [-0.4, -0.2) is 19.6 Å². The standard InChI is InChI=1S/C15H25NO3S/c1-5-7-14(6-2)16-20(18,19)15-9-13(10-17)11(3)8-12(15)4/h8-9,14,16-17H,5-7,10H2,1-4H3. The van der Waals surface area contributed by atoms with E-state index in [0.717, 1.165) is 24.8 Å². The van der Waals surface area contributed by atoms with E-state index in [9.17, 15) is 13.5 Å². The molecule has 0 spiro atoms. The molecule has 5 heteroatoms. The van der Waals surface area contributed by atoms with E-state index in [0.29, 0.717) is 11.1 Å². The maximum atomic E-state index is 12.5. The Kier molecular flexibility index (Phi) is 6.17. The summed E-state index contributed by atoms with van der Waals surface area (Å²) in [7, 11) is -3.53. The van der Waals surface area contributed by atoms with Crippen LogP contribution in [0.1, 0.15) is 49.8 Å². The second-order valence-electron chi connectivity index (χ2n) is 5.22. The van der Waals surface area contributed by atoms with Crippen LogP contribution in [0.2, 0.25) is 0 Å². The minimum Gasteiger partial charge on any atom is -0.392 e. The largest absolute Gasteiger partial charge is 0.392 e. The van der Waals surface area contributed by atoms with E-state index in [-0.39, 0.29) is 17.5 Å². The molecule has 4 nitrogen and oxygen atoms in total. The van der Waals surface area contributed by atoms with Crippen LogP contribution in [0.3, 0.4) is 0 Å². The van der Waals surface area contributed by atoms with Crippen LogP contribution in [0.4, 0.5) is 0 Å². The third-order valence-electron chi connectivity index (χ3n) is 3.55. The van der Waals surface area contributed by atoms with Crippen LogP contribution in [0.25, 0.3) is 0 Å². The lowest BCUT2D eigenvalue weighted by Gasteiger charge is -2.18. The Morgan fingerprint density at radius 1 is 1.20 bits per heavy atom. The molecule has 0 radical (unpaired) electrons. The SMILES string of the molecule is CCCC(CC)NS(=O)(=O)c1cc(CO)c(C)cc1C. The van der Waals surface area contributed by atoms with Gasteiger partial charge in [-0.2, -0.15) is 0 Å². The van der Waals surface area contributed by atoms with Crippen LogP contribution in [0, 0.1) is 13.8 Å². The predicted octanol–water partition coefficient (Wildman–Crippen LogP) is 2.65. The fraction of sp³-hybridized carbons (Fsp3) is 0.600. The van der Waals surface area contributed by atoms with Crippen molar-refractivity contribution in [3.63, 3.8) is 0 Å². The van der Waals surface area contributed by atoms with Crippen molar-refractivity contribution in [2.24, 2.45) is 0 Å². The first-order valence-corrected chi connectivity index (χ1v) is 8.57. The lowest BCUT2D eigenvalue weighted by atomic mass is 10.1. The van der Waals surface area contributed by atoms with Crippen molar-refractivity contribution in [2.45, 2.75) is 64.5 Å². The summed E-state index contributed by atoms with van der Waals surface area (Å²) in [6.45, 7) is 7.51. The zero-order valence-corrected chi connectivity index (χ0v) is 13.5. The zero-order chi connectivity index (χ0) is 15.3. The van der Waals surface area contributed by atoms with Gasteiger partial charge in [-0.25, -0.2) is 13.1 Å². The number of aryl methyl sites for hydroxylation is 2. The van der Waals surface area contributed by atoms with Gasteiger partial charge in [0.25, 0.3) is 0 Å². The van der Waals surface area contributed by atoms with Crippen molar-refractivity contribution < 1.29 is 13.5 Å². The Balaban J connectivity index is 3.15. The fourth-order valence-electron chi connectivity index (χ4n) is 2.31. The normalized spacial score (nSPS) is 13.4. The van der Waals surface area contributed by atoms with Crippen LogP contribution >= 0.6 is 0 Å². The van der Waals surface area contributed by atoms with Gasteiger partial charge < -0.3 is 5.11 Å². The summed E-state index contributed by atoms with van der Waals surface area (Å²) in [5, 5.41) is 9.30. The van der Waals surface area contributed by atoms with Crippen molar-refractivity contribution in [1.29, 1.82) is 0 Å².